The first-order chi connectivity index (χ1) is 12.7. The van der Waals surface area contributed by atoms with Crippen molar-refractivity contribution in [3.63, 3.8) is 0 Å². The molecule has 0 aliphatic rings. The highest BCUT2D eigenvalue weighted by atomic mass is 32.1. The number of ether oxygens (including phenoxy) is 2. The van der Waals surface area contributed by atoms with E-state index in [-0.39, 0.29) is 5.91 Å². The van der Waals surface area contributed by atoms with E-state index >= 15 is 0 Å². The molecule has 3 aromatic rings. The van der Waals surface area contributed by atoms with Gasteiger partial charge in [0.25, 0.3) is 5.91 Å². The topological polar surface area (TPSA) is 73.3 Å². The van der Waals surface area contributed by atoms with Crippen LogP contribution in [0.5, 0.6) is 11.5 Å². The maximum Gasteiger partial charge on any atom is 0.251 e. The van der Waals surface area contributed by atoms with Gasteiger partial charge in [0.15, 0.2) is 0 Å². The molecule has 134 valence electrons. The Hall–Kier alpha value is -2.93. The number of carbonyl (C=O) groups excluding carboxylic acids is 1. The molecule has 0 radical (unpaired) electrons. The average molecular weight is 369 g/mol. The van der Waals surface area contributed by atoms with Crippen LogP contribution in [0.4, 0.5) is 0 Å². The quantitative estimate of drug-likeness (QED) is 0.691. The van der Waals surface area contributed by atoms with Gasteiger partial charge in [0.05, 0.1) is 24.5 Å². The van der Waals surface area contributed by atoms with E-state index in [1.807, 2.05) is 37.3 Å². The summed E-state index contributed by atoms with van der Waals surface area (Å²) in [6, 6.07) is 14.7. The summed E-state index contributed by atoms with van der Waals surface area (Å²) in [5, 5.41) is 2.90. The predicted molar refractivity (Wildman–Crippen MR) is 99.6 cm³/mol. The van der Waals surface area contributed by atoms with Gasteiger partial charge in [-0.2, -0.15) is 8.75 Å². The molecular weight excluding hydrogens is 350 g/mol. The highest BCUT2D eigenvalue weighted by molar-refractivity contribution is 6.99. The molecule has 0 atom stereocenters. The molecule has 0 aliphatic heterocycles. The number of benzene rings is 2. The molecule has 0 fully saturated rings. The van der Waals surface area contributed by atoms with Crippen molar-refractivity contribution in [1.29, 1.82) is 0 Å². The third kappa shape index (κ3) is 4.58. The molecule has 1 aromatic heterocycles. The molecule has 1 heterocycles. The number of nitrogens with zero attached hydrogens (tertiary/aromatic N) is 2. The van der Waals surface area contributed by atoms with Gasteiger partial charge in [-0.15, -0.1) is 0 Å². The van der Waals surface area contributed by atoms with Gasteiger partial charge >= 0.3 is 0 Å². The lowest BCUT2D eigenvalue weighted by Gasteiger charge is -2.09. The van der Waals surface area contributed by atoms with Gasteiger partial charge in [-0.1, -0.05) is 18.2 Å². The molecule has 1 amide bonds. The molecule has 0 bridgehead atoms. The minimum absolute atomic E-state index is 0.155. The van der Waals surface area contributed by atoms with Gasteiger partial charge in [0.1, 0.15) is 23.8 Å². The number of aryl methyl sites for hydroxylation is 1. The zero-order chi connectivity index (χ0) is 18.4. The van der Waals surface area contributed by atoms with Crippen LogP contribution in [-0.2, 0) is 13.2 Å². The van der Waals surface area contributed by atoms with Gasteiger partial charge < -0.3 is 14.8 Å². The van der Waals surface area contributed by atoms with Crippen LogP contribution >= 0.6 is 11.7 Å². The van der Waals surface area contributed by atoms with Gasteiger partial charge in [0, 0.05) is 12.1 Å². The van der Waals surface area contributed by atoms with Crippen LogP contribution in [0.3, 0.4) is 0 Å². The third-order valence-electron chi connectivity index (χ3n) is 3.83. The van der Waals surface area contributed by atoms with Gasteiger partial charge in [-0.05, 0) is 42.8 Å². The summed E-state index contributed by atoms with van der Waals surface area (Å²) in [6.45, 7) is 2.67. The molecular formula is C19H19N3O3S. The number of rotatable bonds is 7. The maximum absolute atomic E-state index is 12.4. The molecule has 26 heavy (non-hydrogen) atoms. The van der Waals surface area contributed by atoms with Crippen molar-refractivity contribution in [3.8, 4) is 11.5 Å². The number of methoxy groups -OCH3 is 1. The first kappa shape index (κ1) is 17.9. The minimum atomic E-state index is -0.155. The lowest BCUT2D eigenvalue weighted by molar-refractivity contribution is 0.0950. The molecule has 6 nitrogen and oxygen atoms in total. The Morgan fingerprint density at radius 1 is 1.12 bits per heavy atom. The van der Waals surface area contributed by atoms with Crippen LogP contribution in [0.15, 0.2) is 48.5 Å². The summed E-state index contributed by atoms with van der Waals surface area (Å²) in [5.74, 6) is 1.25. The zero-order valence-electron chi connectivity index (χ0n) is 14.6. The summed E-state index contributed by atoms with van der Waals surface area (Å²) in [5.41, 5.74) is 3.22. The summed E-state index contributed by atoms with van der Waals surface area (Å²) in [4.78, 5) is 12.4. The molecule has 0 unspecified atom stereocenters. The van der Waals surface area contributed by atoms with Crippen molar-refractivity contribution in [3.05, 3.63) is 71.0 Å². The first-order valence-corrected chi connectivity index (χ1v) is 8.81. The summed E-state index contributed by atoms with van der Waals surface area (Å²) in [7, 11) is 1.62. The Kier molecular flexibility index (Phi) is 5.80. The maximum atomic E-state index is 12.4. The molecule has 0 saturated carbocycles. The lowest BCUT2D eigenvalue weighted by atomic mass is 10.2. The smallest absolute Gasteiger partial charge is 0.251 e. The third-order valence-corrected chi connectivity index (χ3v) is 4.49. The monoisotopic (exact) mass is 369 g/mol. The van der Waals surface area contributed by atoms with E-state index in [1.54, 1.807) is 25.3 Å². The second kappa shape index (κ2) is 8.44. The van der Waals surface area contributed by atoms with Crippen LogP contribution in [0.25, 0.3) is 0 Å². The van der Waals surface area contributed by atoms with Crippen molar-refractivity contribution in [2.45, 2.75) is 20.1 Å². The average Bonchev–Trinajstić information content (AvgIpc) is 3.10. The Bertz CT molecular complexity index is 878. The van der Waals surface area contributed by atoms with Crippen molar-refractivity contribution >= 4 is 17.6 Å². The number of carbonyl (C=O) groups is 1. The predicted octanol–water partition coefficient (Wildman–Crippen LogP) is 3.36. The SMILES string of the molecule is COc1ccc(CNC(=O)c2cccc(OCc3nsnc3C)c2)cc1. The standard InChI is InChI=1S/C19H19N3O3S/c1-13-18(22-26-21-13)12-25-17-5-3-4-15(10-17)19(23)20-11-14-6-8-16(24-2)9-7-14/h3-10H,11-12H2,1-2H3,(H,20,23). The fourth-order valence-electron chi connectivity index (χ4n) is 2.29. The van der Waals surface area contributed by atoms with E-state index in [4.69, 9.17) is 9.47 Å². The number of amides is 1. The van der Waals surface area contributed by atoms with Crippen molar-refractivity contribution < 1.29 is 14.3 Å². The Morgan fingerprint density at radius 2 is 1.92 bits per heavy atom. The van der Waals surface area contributed by atoms with Crippen LogP contribution in [-0.4, -0.2) is 21.8 Å². The van der Waals surface area contributed by atoms with E-state index in [9.17, 15) is 4.79 Å². The molecule has 0 spiro atoms. The molecule has 2 aromatic carbocycles. The number of hydrogen-bond acceptors (Lipinski definition) is 6. The molecule has 1 N–H and O–H groups in total. The van der Waals surface area contributed by atoms with Crippen molar-refractivity contribution in [2.24, 2.45) is 0 Å². The highest BCUT2D eigenvalue weighted by Gasteiger charge is 2.08. The Labute approximate surface area is 156 Å². The number of hydrogen-bond donors (Lipinski definition) is 1. The second-order valence-electron chi connectivity index (χ2n) is 5.64. The normalized spacial score (nSPS) is 10.4. The Balaban J connectivity index is 1.57. The van der Waals surface area contributed by atoms with Crippen LogP contribution in [0.1, 0.15) is 27.3 Å². The van der Waals surface area contributed by atoms with Crippen molar-refractivity contribution in [2.75, 3.05) is 7.11 Å². The van der Waals surface area contributed by atoms with Crippen LogP contribution in [0, 0.1) is 6.92 Å². The van der Waals surface area contributed by atoms with E-state index < -0.39 is 0 Å². The fraction of sp³-hybridized carbons (Fsp3) is 0.211. The van der Waals surface area contributed by atoms with E-state index in [0.717, 1.165) is 34.4 Å². The van der Waals surface area contributed by atoms with E-state index in [2.05, 4.69) is 14.1 Å². The lowest BCUT2D eigenvalue weighted by Crippen LogP contribution is -2.22. The first-order valence-electron chi connectivity index (χ1n) is 8.08. The molecule has 0 saturated heterocycles. The fourth-order valence-corrected chi connectivity index (χ4v) is 2.84. The summed E-state index contributed by atoms with van der Waals surface area (Å²) in [6.07, 6.45) is 0. The minimum Gasteiger partial charge on any atom is -0.497 e. The van der Waals surface area contributed by atoms with Gasteiger partial charge in [-0.3, -0.25) is 4.79 Å². The van der Waals surface area contributed by atoms with Gasteiger partial charge in [-0.25, -0.2) is 0 Å². The molecule has 3 rings (SSSR count). The molecule has 0 aliphatic carbocycles. The highest BCUT2D eigenvalue weighted by Crippen LogP contribution is 2.16. The second-order valence-corrected chi connectivity index (χ2v) is 6.17. The summed E-state index contributed by atoms with van der Waals surface area (Å²) >= 11 is 1.16. The number of nitrogens with one attached hydrogen (secondary N) is 1. The van der Waals surface area contributed by atoms with Crippen LogP contribution in [0.2, 0.25) is 0 Å². The largest absolute Gasteiger partial charge is 0.497 e. The van der Waals surface area contributed by atoms with Gasteiger partial charge in [0.2, 0.25) is 0 Å². The van der Waals surface area contributed by atoms with Crippen molar-refractivity contribution in [1.82, 2.24) is 14.1 Å². The zero-order valence-corrected chi connectivity index (χ0v) is 15.4. The number of aromatic nitrogens is 2. The Morgan fingerprint density at radius 3 is 2.62 bits per heavy atom. The van der Waals surface area contributed by atoms with E-state index in [0.29, 0.717) is 24.5 Å². The van der Waals surface area contributed by atoms with E-state index in [1.165, 1.54) is 0 Å². The summed E-state index contributed by atoms with van der Waals surface area (Å²) < 4.78 is 19.1. The molecule has 7 heteroatoms. The van der Waals surface area contributed by atoms with Crippen LogP contribution < -0.4 is 14.8 Å².